The van der Waals surface area contributed by atoms with Gasteiger partial charge in [0.1, 0.15) is 21.3 Å². The number of carbonyl (C=O) groups excluding carboxylic acids is 2. The fraction of sp³-hybridized carbons (Fsp3) is 0.300. The van der Waals surface area contributed by atoms with Gasteiger partial charge in [0.15, 0.2) is 6.61 Å². The van der Waals surface area contributed by atoms with Gasteiger partial charge in [0, 0.05) is 19.5 Å². The number of benzene rings is 1. The van der Waals surface area contributed by atoms with Crippen molar-refractivity contribution in [1.29, 1.82) is 0 Å². The summed E-state index contributed by atoms with van der Waals surface area (Å²) < 4.78 is 19.7. The number of fused-ring (bicyclic) bond motifs is 2. The van der Waals surface area contributed by atoms with E-state index in [1.54, 1.807) is 23.6 Å². The average molecular weight is 415 g/mol. The lowest BCUT2D eigenvalue weighted by atomic mass is 10.2. The van der Waals surface area contributed by atoms with Crippen molar-refractivity contribution in [2.75, 3.05) is 6.61 Å². The summed E-state index contributed by atoms with van der Waals surface area (Å²) in [5, 5.41) is 3.04. The zero-order valence-corrected chi connectivity index (χ0v) is 16.5. The monoisotopic (exact) mass is 415 g/mol. The minimum absolute atomic E-state index is 0.132. The molecule has 0 spiro atoms. The Bertz CT molecular complexity index is 1170. The summed E-state index contributed by atoms with van der Waals surface area (Å²) in [4.78, 5) is 42.4. The highest BCUT2D eigenvalue weighted by Crippen LogP contribution is 2.29. The van der Waals surface area contributed by atoms with Crippen molar-refractivity contribution in [3.05, 3.63) is 62.3 Å². The summed E-state index contributed by atoms with van der Waals surface area (Å²) in [6.45, 7) is 2.08. The van der Waals surface area contributed by atoms with Gasteiger partial charge in [0.25, 0.3) is 11.5 Å². The van der Waals surface area contributed by atoms with Crippen LogP contribution in [-0.4, -0.2) is 28.0 Å². The van der Waals surface area contributed by atoms with Gasteiger partial charge in [-0.3, -0.25) is 14.2 Å². The highest BCUT2D eigenvalue weighted by atomic mass is 32.1. The molecule has 2 aromatic heterocycles. The molecule has 1 N–H and O–H groups in total. The van der Waals surface area contributed by atoms with E-state index >= 15 is 0 Å². The van der Waals surface area contributed by atoms with E-state index in [-0.39, 0.29) is 22.8 Å². The number of halogens is 1. The van der Waals surface area contributed by atoms with E-state index in [0.29, 0.717) is 22.3 Å². The molecule has 1 aliphatic rings. The Labute approximate surface area is 169 Å². The Hall–Kier alpha value is -3.07. The molecule has 1 aliphatic heterocycles. The smallest absolute Gasteiger partial charge is 0.349 e. The molecule has 150 valence electrons. The van der Waals surface area contributed by atoms with Crippen molar-refractivity contribution in [3.63, 3.8) is 0 Å². The number of hydrogen-bond donors (Lipinski definition) is 1. The number of aryl methyl sites for hydroxylation is 2. The first kappa shape index (κ1) is 19.3. The molecular formula is C20H18FN3O4S. The van der Waals surface area contributed by atoms with Gasteiger partial charge in [0.2, 0.25) is 0 Å². The van der Waals surface area contributed by atoms with E-state index in [1.165, 1.54) is 12.1 Å². The zero-order chi connectivity index (χ0) is 20.5. The lowest BCUT2D eigenvalue weighted by molar-refractivity contribution is -0.124. The molecule has 1 amide bonds. The lowest BCUT2D eigenvalue weighted by Gasteiger charge is -2.06. The first-order chi connectivity index (χ1) is 13.9. The number of aromatic nitrogens is 2. The Morgan fingerprint density at radius 3 is 2.83 bits per heavy atom. The maximum Gasteiger partial charge on any atom is 0.349 e. The van der Waals surface area contributed by atoms with Gasteiger partial charge < -0.3 is 10.1 Å². The van der Waals surface area contributed by atoms with E-state index in [1.807, 2.05) is 0 Å². The number of ether oxygens (including phenoxy) is 1. The molecule has 0 saturated carbocycles. The summed E-state index contributed by atoms with van der Waals surface area (Å²) >= 11 is 1.11. The quantitative estimate of drug-likeness (QED) is 0.646. The van der Waals surface area contributed by atoms with E-state index in [9.17, 15) is 18.8 Å². The SMILES string of the molecule is Cc1c(C(=O)OCC(=O)NCc2ccc(F)cc2)sc2nc3n(c(=O)c12)CCC3. The molecule has 4 rings (SSSR count). The van der Waals surface area contributed by atoms with Gasteiger partial charge >= 0.3 is 5.97 Å². The molecule has 9 heteroatoms. The molecule has 0 saturated heterocycles. The molecule has 0 radical (unpaired) electrons. The summed E-state index contributed by atoms with van der Waals surface area (Å²) in [6.07, 6.45) is 1.64. The van der Waals surface area contributed by atoms with Crippen molar-refractivity contribution in [2.24, 2.45) is 0 Å². The van der Waals surface area contributed by atoms with Crippen LogP contribution in [0.4, 0.5) is 4.39 Å². The van der Waals surface area contributed by atoms with Crippen LogP contribution in [0.5, 0.6) is 0 Å². The second kappa shape index (κ2) is 7.75. The first-order valence-corrected chi connectivity index (χ1v) is 9.97. The minimum Gasteiger partial charge on any atom is -0.451 e. The highest BCUT2D eigenvalue weighted by Gasteiger charge is 2.24. The number of esters is 1. The Morgan fingerprint density at radius 1 is 1.31 bits per heavy atom. The molecule has 3 aromatic rings. The van der Waals surface area contributed by atoms with Crippen LogP contribution in [0, 0.1) is 12.7 Å². The number of rotatable bonds is 5. The number of hydrogen-bond acceptors (Lipinski definition) is 6. The third-order valence-corrected chi connectivity index (χ3v) is 6.00. The van der Waals surface area contributed by atoms with Crippen LogP contribution in [0.1, 0.15) is 33.0 Å². The van der Waals surface area contributed by atoms with Crippen molar-refractivity contribution >= 4 is 33.4 Å². The number of nitrogens with zero attached hydrogens (tertiary/aromatic N) is 2. The van der Waals surface area contributed by atoms with Crippen molar-refractivity contribution < 1.29 is 18.7 Å². The van der Waals surface area contributed by atoms with Crippen molar-refractivity contribution in [1.82, 2.24) is 14.9 Å². The minimum atomic E-state index is -0.660. The van der Waals surface area contributed by atoms with Gasteiger partial charge in [-0.15, -0.1) is 11.3 Å². The molecule has 0 fully saturated rings. The van der Waals surface area contributed by atoms with Crippen LogP contribution in [-0.2, 0) is 29.0 Å². The Morgan fingerprint density at radius 2 is 2.07 bits per heavy atom. The van der Waals surface area contributed by atoms with Crippen molar-refractivity contribution in [2.45, 2.75) is 32.9 Å². The van der Waals surface area contributed by atoms with Crippen LogP contribution < -0.4 is 10.9 Å². The fourth-order valence-electron chi connectivity index (χ4n) is 3.32. The summed E-state index contributed by atoms with van der Waals surface area (Å²) in [5.41, 5.74) is 1.12. The van der Waals surface area contributed by atoms with Gasteiger partial charge in [-0.1, -0.05) is 12.1 Å². The highest BCUT2D eigenvalue weighted by molar-refractivity contribution is 7.20. The molecule has 0 bridgehead atoms. The van der Waals surface area contributed by atoms with Crippen LogP contribution in [0.3, 0.4) is 0 Å². The predicted octanol–water partition coefficient (Wildman–Crippen LogP) is 2.32. The number of amides is 1. The third kappa shape index (κ3) is 3.77. The number of nitrogens with one attached hydrogen (secondary N) is 1. The Kier molecular flexibility index (Phi) is 5.14. The van der Waals surface area contributed by atoms with Gasteiger partial charge in [-0.05, 0) is 36.6 Å². The Balaban J connectivity index is 1.42. The number of carbonyl (C=O) groups is 2. The predicted molar refractivity (Wildman–Crippen MR) is 105 cm³/mol. The van der Waals surface area contributed by atoms with Gasteiger partial charge in [-0.2, -0.15) is 0 Å². The largest absolute Gasteiger partial charge is 0.451 e. The van der Waals surface area contributed by atoms with Crippen LogP contribution in [0.25, 0.3) is 10.2 Å². The van der Waals surface area contributed by atoms with Crippen molar-refractivity contribution in [3.8, 4) is 0 Å². The zero-order valence-electron chi connectivity index (χ0n) is 15.7. The van der Waals surface area contributed by atoms with Gasteiger partial charge in [0.05, 0.1) is 5.39 Å². The number of thiophene rings is 1. The molecule has 0 atom stereocenters. The van der Waals surface area contributed by atoms with E-state index < -0.39 is 18.5 Å². The third-order valence-electron chi connectivity index (χ3n) is 4.83. The lowest BCUT2D eigenvalue weighted by Crippen LogP contribution is -2.28. The summed E-state index contributed by atoms with van der Waals surface area (Å²) in [7, 11) is 0. The maximum absolute atomic E-state index is 12.9. The topological polar surface area (TPSA) is 90.3 Å². The fourth-order valence-corrected chi connectivity index (χ4v) is 4.40. The maximum atomic E-state index is 12.9. The molecule has 1 aromatic carbocycles. The van der Waals surface area contributed by atoms with Crippen LogP contribution >= 0.6 is 11.3 Å². The van der Waals surface area contributed by atoms with Gasteiger partial charge in [-0.25, -0.2) is 14.2 Å². The van der Waals surface area contributed by atoms with E-state index in [2.05, 4.69) is 10.3 Å². The summed E-state index contributed by atoms with van der Waals surface area (Å²) in [6, 6.07) is 5.73. The second-order valence-corrected chi connectivity index (χ2v) is 7.80. The molecule has 0 aliphatic carbocycles. The molecule has 0 unspecified atom stereocenters. The second-order valence-electron chi connectivity index (χ2n) is 6.80. The molecule has 29 heavy (non-hydrogen) atoms. The molecular weight excluding hydrogens is 397 g/mol. The standard InChI is InChI=1S/C20H18FN3O4S/c1-11-16-18(23-14-3-2-8-24(14)19(16)26)29-17(11)20(27)28-10-15(25)22-9-12-4-6-13(21)7-5-12/h4-7H,2-3,8-10H2,1H3,(H,22,25). The van der Waals surface area contributed by atoms with Crippen LogP contribution in [0.2, 0.25) is 0 Å². The summed E-state index contributed by atoms with van der Waals surface area (Å²) in [5.74, 6) is -0.749. The van der Waals surface area contributed by atoms with Crippen LogP contribution in [0.15, 0.2) is 29.1 Å². The van der Waals surface area contributed by atoms with E-state index in [4.69, 9.17) is 4.74 Å². The normalized spacial score (nSPS) is 12.8. The van der Waals surface area contributed by atoms with E-state index in [0.717, 1.165) is 35.6 Å². The molecule has 3 heterocycles. The first-order valence-electron chi connectivity index (χ1n) is 9.15. The molecule has 7 nitrogen and oxygen atoms in total. The average Bonchev–Trinajstić information content (AvgIpc) is 3.31.